The molecule has 0 radical (unpaired) electrons. The Labute approximate surface area is 195 Å². The number of carboxylic acid groups (broad SMARTS) is 1. The summed E-state index contributed by atoms with van der Waals surface area (Å²) in [5.41, 5.74) is 1.20. The Morgan fingerprint density at radius 1 is 1.21 bits per heavy atom. The average Bonchev–Trinajstić information content (AvgIpc) is 3.30. The largest absolute Gasteiger partial charge is 0.481 e. The zero-order valence-electron chi connectivity index (χ0n) is 18.8. The Hall–Kier alpha value is -3.11. The van der Waals surface area contributed by atoms with E-state index in [0.717, 1.165) is 22.0 Å². The lowest BCUT2D eigenvalue weighted by Crippen LogP contribution is -2.35. The topological polar surface area (TPSA) is 130 Å². The number of pyridine rings is 1. The molecule has 0 saturated heterocycles. The molecule has 0 unspecified atom stereocenters. The predicted octanol–water partition coefficient (Wildman–Crippen LogP) is 4.15. The summed E-state index contributed by atoms with van der Waals surface area (Å²) in [4.78, 5) is 29.7. The van der Waals surface area contributed by atoms with Gasteiger partial charge < -0.3 is 20.3 Å². The maximum Gasteiger partial charge on any atom is 0.306 e. The quantitative estimate of drug-likeness (QED) is 0.467. The lowest BCUT2D eigenvalue weighted by Gasteiger charge is -2.35. The van der Waals surface area contributed by atoms with E-state index in [2.05, 4.69) is 25.3 Å². The zero-order chi connectivity index (χ0) is 23.6. The first-order valence-corrected chi connectivity index (χ1v) is 11.6. The van der Waals surface area contributed by atoms with Crippen LogP contribution in [0.3, 0.4) is 0 Å². The molecule has 3 heterocycles. The Kier molecular flexibility index (Phi) is 6.57. The number of thiazole rings is 1. The van der Waals surface area contributed by atoms with E-state index in [1.165, 1.54) is 11.3 Å². The molecule has 1 atom stereocenters. The van der Waals surface area contributed by atoms with Crippen molar-refractivity contribution in [1.82, 2.24) is 19.9 Å². The Balaban J connectivity index is 1.53. The third-order valence-corrected chi connectivity index (χ3v) is 7.36. The maximum absolute atomic E-state index is 11.3. The number of hydrogen-bond acceptors (Lipinski definition) is 9. The van der Waals surface area contributed by atoms with Crippen LogP contribution in [-0.2, 0) is 10.4 Å². The van der Waals surface area contributed by atoms with Crippen molar-refractivity contribution in [3.05, 3.63) is 41.3 Å². The Bertz CT molecular complexity index is 1140. The van der Waals surface area contributed by atoms with Crippen LogP contribution in [0.2, 0.25) is 0 Å². The molecule has 9 nitrogen and oxygen atoms in total. The molecule has 1 aliphatic rings. The number of rotatable bonds is 7. The summed E-state index contributed by atoms with van der Waals surface area (Å²) in [6.45, 7) is 3.68. The highest BCUT2D eigenvalue weighted by Gasteiger charge is 2.40. The van der Waals surface area contributed by atoms with Gasteiger partial charge in [-0.25, -0.2) is 9.97 Å². The number of hydrogen-bond donors (Lipinski definition) is 3. The highest BCUT2D eigenvalue weighted by atomic mass is 32.1. The van der Waals surface area contributed by atoms with Crippen LogP contribution in [0.5, 0.6) is 5.88 Å². The number of carbonyl (C=O) groups is 1. The fraction of sp³-hybridized carbons (Fsp3) is 0.435. The van der Waals surface area contributed by atoms with E-state index < -0.39 is 11.6 Å². The van der Waals surface area contributed by atoms with Crippen LogP contribution in [0.25, 0.3) is 10.6 Å². The van der Waals surface area contributed by atoms with Crippen molar-refractivity contribution in [2.75, 3.05) is 12.4 Å². The third-order valence-electron chi connectivity index (χ3n) is 6.11. The van der Waals surface area contributed by atoms with Crippen LogP contribution < -0.4 is 10.1 Å². The van der Waals surface area contributed by atoms with E-state index in [4.69, 9.17) is 4.74 Å². The summed E-state index contributed by atoms with van der Waals surface area (Å²) < 4.78 is 5.15. The average molecular weight is 470 g/mol. The SMILES string of the molecule is COc1ccnc(Nc2cc(C)nc(-c3cnc([C@](C)(O)C4CCC(C(=O)O)CC4)s3)c2)n1. The molecule has 0 amide bonds. The van der Waals surface area contributed by atoms with Crippen molar-refractivity contribution in [3.63, 3.8) is 0 Å². The van der Waals surface area contributed by atoms with Crippen LogP contribution in [-0.4, -0.2) is 43.2 Å². The third kappa shape index (κ3) is 5.12. The molecule has 3 aromatic heterocycles. The number of carboxylic acids is 1. The van der Waals surface area contributed by atoms with Crippen molar-refractivity contribution in [1.29, 1.82) is 0 Å². The monoisotopic (exact) mass is 469 g/mol. The van der Waals surface area contributed by atoms with Gasteiger partial charge in [0, 0.05) is 29.8 Å². The number of nitrogens with one attached hydrogen (secondary N) is 1. The van der Waals surface area contributed by atoms with E-state index in [0.29, 0.717) is 42.5 Å². The molecule has 1 fully saturated rings. The van der Waals surface area contributed by atoms with Gasteiger partial charge in [0.25, 0.3) is 0 Å². The second kappa shape index (κ2) is 9.40. The number of nitrogens with zero attached hydrogens (tertiary/aromatic N) is 4. The predicted molar refractivity (Wildman–Crippen MR) is 125 cm³/mol. The van der Waals surface area contributed by atoms with E-state index in [9.17, 15) is 15.0 Å². The molecule has 0 aromatic carbocycles. The second-order valence-corrected chi connectivity index (χ2v) is 9.52. The zero-order valence-corrected chi connectivity index (χ0v) is 19.6. The molecule has 0 bridgehead atoms. The highest BCUT2D eigenvalue weighted by molar-refractivity contribution is 7.15. The maximum atomic E-state index is 11.3. The second-order valence-electron chi connectivity index (χ2n) is 8.49. The van der Waals surface area contributed by atoms with Gasteiger partial charge in [-0.1, -0.05) is 0 Å². The summed E-state index contributed by atoms with van der Waals surface area (Å²) in [6.07, 6.45) is 5.83. The van der Waals surface area contributed by atoms with Crippen molar-refractivity contribution in [2.24, 2.45) is 11.8 Å². The minimum Gasteiger partial charge on any atom is -0.481 e. The number of anilines is 2. The molecule has 10 heteroatoms. The molecule has 0 aliphatic heterocycles. The van der Waals surface area contributed by atoms with Crippen LogP contribution in [0.1, 0.15) is 43.3 Å². The smallest absolute Gasteiger partial charge is 0.306 e. The summed E-state index contributed by atoms with van der Waals surface area (Å²) >= 11 is 1.40. The van der Waals surface area contributed by atoms with E-state index >= 15 is 0 Å². The van der Waals surface area contributed by atoms with Gasteiger partial charge >= 0.3 is 5.97 Å². The molecular formula is C23H27N5O4S. The summed E-state index contributed by atoms with van der Waals surface area (Å²) in [6, 6.07) is 5.46. The number of aliphatic hydroxyl groups is 1. The minimum absolute atomic E-state index is 0.0278. The number of methoxy groups -OCH3 is 1. The lowest BCUT2D eigenvalue weighted by atomic mass is 9.74. The van der Waals surface area contributed by atoms with Gasteiger partial charge in [0.2, 0.25) is 11.8 Å². The normalized spacial score (nSPS) is 20.1. The van der Waals surface area contributed by atoms with Crippen molar-refractivity contribution in [3.8, 4) is 16.5 Å². The van der Waals surface area contributed by atoms with E-state index in [1.54, 1.807) is 32.5 Å². The van der Waals surface area contributed by atoms with Gasteiger partial charge in [-0.15, -0.1) is 11.3 Å². The standard InChI is InChI=1S/C23H27N5O4S/c1-13-10-16(27-22-24-9-8-19(28-22)32-3)11-17(26-13)18-12-25-21(33-18)23(2,31)15-6-4-14(5-7-15)20(29)30/h8-12,14-15,31H,4-7H2,1-3H3,(H,29,30)(H,24,26,27,28)/t14?,15?,23-/m1/s1. The highest BCUT2D eigenvalue weighted by Crippen LogP contribution is 2.43. The number of aryl methyl sites for hydroxylation is 1. The number of aromatic nitrogens is 4. The molecule has 4 rings (SSSR count). The fourth-order valence-electron chi connectivity index (χ4n) is 4.22. The van der Waals surface area contributed by atoms with Crippen molar-refractivity contribution >= 4 is 28.9 Å². The van der Waals surface area contributed by atoms with Crippen LogP contribution >= 0.6 is 11.3 Å². The summed E-state index contributed by atoms with van der Waals surface area (Å²) in [7, 11) is 1.55. The molecule has 3 aromatic rings. The number of ether oxygens (including phenoxy) is 1. The van der Waals surface area contributed by atoms with Gasteiger partial charge in [-0.2, -0.15) is 4.98 Å². The Morgan fingerprint density at radius 2 is 1.97 bits per heavy atom. The van der Waals surface area contributed by atoms with Crippen molar-refractivity contribution < 1.29 is 19.7 Å². The summed E-state index contributed by atoms with van der Waals surface area (Å²) in [5.74, 6) is -0.222. The fourth-order valence-corrected chi connectivity index (χ4v) is 5.22. The van der Waals surface area contributed by atoms with E-state index in [1.807, 2.05) is 19.1 Å². The van der Waals surface area contributed by atoms with Gasteiger partial charge in [0.15, 0.2) is 0 Å². The lowest BCUT2D eigenvalue weighted by molar-refractivity contribution is -0.144. The van der Waals surface area contributed by atoms with Gasteiger partial charge in [0.1, 0.15) is 10.6 Å². The molecule has 1 saturated carbocycles. The minimum atomic E-state index is -1.12. The van der Waals surface area contributed by atoms with E-state index in [-0.39, 0.29) is 11.8 Å². The molecule has 0 spiro atoms. The first kappa shape index (κ1) is 23.1. The van der Waals surface area contributed by atoms with Gasteiger partial charge in [-0.05, 0) is 57.6 Å². The Morgan fingerprint density at radius 3 is 2.67 bits per heavy atom. The first-order chi connectivity index (χ1) is 15.8. The molecule has 33 heavy (non-hydrogen) atoms. The molecular weight excluding hydrogens is 442 g/mol. The number of aliphatic carboxylic acids is 1. The molecule has 1 aliphatic carbocycles. The molecule has 174 valence electrons. The van der Waals surface area contributed by atoms with Gasteiger partial charge in [0.05, 0.1) is 23.6 Å². The van der Waals surface area contributed by atoms with Gasteiger partial charge in [-0.3, -0.25) is 9.78 Å². The molecule has 3 N–H and O–H groups in total. The van der Waals surface area contributed by atoms with Crippen LogP contribution in [0, 0.1) is 18.8 Å². The van der Waals surface area contributed by atoms with Crippen molar-refractivity contribution in [2.45, 2.75) is 45.1 Å². The summed E-state index contributed by atoms with van der Waals surface area (Å²) in [5, 5.41) is 24.3. The van der Waals surface area contributed by atoms with Crippen LogP contribution in [0.15, 0.2) is 30.6 Å². The first-order valence-electron chi connectivity index (χ1n) is 10.8. The van der Waals surface area contributed by atoms with Crippen LogP contribution in [0.4, 0.5) is 11.6 Å².